The van der Waals surface area contributed by atoms with Gasteiger partial charge in [-0.05, 0) is 70.6 Å². The quantitative estimate of drug-likeness (QED) is 0.0193. The fourth-order valence-corrected chi connectivity index (χ4v) is 5.86. The molecule has 0 aliphatic rings. The van der Waals surface area contributed by atoms with E-state index in [1.165, 1.54) is 51.4 Å². The number of aliphatic hydroxyl groups excluding tert-OH is 2. The molecule has 9 nitrogen and oxygen atoms in total. The number of phosphoric acid groups is 1. The van der Waals surface area contributed by atoms with E-state index in [9.17, 15) is 24.5 Å². The minimum Gasteiger partial charge on any atom is -0.756 e. The van der Waals surface area contributed by atoms with Gasteiger partial charge >= 0.3 is 0 Å². The van der Waals surface area contributed by atoms with Crippen molar-refractivity contribution in [1.29, 1.82) is 0 Å². The van der Waals surface area contributed by atoms with Gasteiger partial charge in [-0.1, -0.05) is 132 Å². The van der Waals surface area contributed by atoms with Gasteiger partial charge in [-0.25, -0.2) is 0 Å². The van der Waals surface area contributed by atoms with Gasteiger partial charge in [-0.3, -0.25) is 9.36 Å². The molecule has 53 heavy (non-hydrogen) atoms. The third-order valence-corrected chi connectivity index (χ3v) is 9.43. The summed E-state index contributed by atoms with van der Waals surface area (Å²) in [6.45, 7) is 4.36. The number of quaternary nitrogens is 1. The summed E-state index contributed by atoms with van der Waals surface area (Å²) in [6.07, 6.45) is 41.1. The molecule has 0 aliphatic carbocycles. The number of hydrogen-bond acceptors (Lipinski definition) is 7. The Kier molecular flexibility index (Phi) is 33.0. The second-order valence-corrected chi connectivity index (χ2v) is 16.2. The van der Waals surface area contributed by atoms with Gasteiger partial charge in [0.25, 0.3) is 7.82 Å². The molecule has 10 heteroatoms. The summed E-state index contributed by atoms with van der Waals surface area (Å²) in [4.78, 5) is 25.2. The Bertz CT molecular complexity index is 1110. The van der Waals surface area contributed by atoms with Crippen LogP contribution in [-0.2, 0) is 18.4 Å². The third kappa shape index (κ3) is 36.6. The number of aliphatic hydroxyl groups is 2. The minimum absolute atomic E-state index is 0.0412. The second-order valence-electron chi connectivity index (χ2n) is 14.8. The summed E-state index contributed by atoms with van der Waals surface area (Å²) in [7, 11) is 1.12. The summed E-state index contributed by atoms with van der Waals surface area (Å²) < 4.78 is 23.0. The van der Waals surface area contributed by atoms with Crippen LogP contribution in [0.25, 0.3) is 0 Å². The number of rotatable bonds is 35. The first-order chi connectivity index (χ1) is 25.4. The van der Waals surface area contributed by atoms with E-state index >= 15 is 0 Å². The van der Waals surface area contributed by atoms with Crippen molar-refractivity contribution in [2.45, 2.75) is 154 Å². The molecule has 0 radical (unpaired) electrons. The lowest BCUT2D eigenvalue weighted by molar-refractivity contribution is -0.870. The van der Waals surface area contributed by atoms with Gasteiger partial charge in [0.15, 0.2) is 0 Å². The maximum atomic E-state index is 12.8. The summed E-state index contributed by atoms with van der Waals surface area (Å²) >= 11 is 0. The molecule has 0 saturated carbocycles. The maximum Gasteiger partial charge on any atom is 0.268 e. The zero-order valence-electron chi connectivity index (χ0n) is 34.0. The van der Waals surface area contributed by atoms with Gasteiger partial charge in [0.05, 0.1) is 46.0 Å². The average Bonchev–Trinajstić information content (AvgIpc) is 3.09. The fourth-order valence-electron chi connectivity index (χ4n) is 5.14. The molecule has 0 aromatic rings. The largest absolute Gasteiger partial charge is 0.756 e. The SMILES string of the molecule is CCC/C=C\CCCCCCCC/C=C/[C@@H](O)[C@H](COP(=O)([O-])OCC[N+](C)(C)C)NC(=O)CCC[C@@H](O)/C=C/C=C\C/C=C\C/C=C\CCCCC. The fraction of sp³-hybridized carbons (Fsp3) is 0.698. The Hall–Kier alpha value is -2.10. The molecule has 0 spiro atoms. The molecule has 4 atom stereocenters. The van der Waals surface area contributed by atoms with Crippen LogP contribution in [0.15, 0.2) is 72.9 Å². The zero-order valence-corrected chi connectivity index (χ0v) is 34.9. The lowest BCUT2D eigenvalue weighted by Crippen LogP contribution is -2.45. The van der Waals surface area contributed by atoms with Crippen LogP contribution in [0.5, 0.6) is 0 Å². The highest BCUT2D eigenvalue weighted by atomic mass is 31.2. The van der Waals surface area contributed by atoms with E-state index in [0.29, 0.717) is 23.9 Å². The van der Waals surface area contributed by atoms with Gasteiger partial charge in [0.1, 0.15) is 13.2 Å². The third-order valence-electron chi connectivity index (χ3n) is 8.47. The number of allylic oxidation sites excluding steroid dienone is 10. The number of carbonyl (C=O) groups is 1. The molecule has 0 rings (SSSR count). The van der Waals surface area contributed by atoms with Crippen LogP contribution in [0.2, 0.25) is 0 Å². The van der Waals surface area contributed by atoms with Crippen molar-refractivity contribution in [3.05, 3.63) is 72.9 Å². The Balaban J connectivity index is 4.74. The van der Waals surface area contributed by atoms with E-state index < -0.39 is 32.7 Å². The summed E-state index contributed by atoms with van der Waals surface area (Å²) in [6, 6.07) is -0.986. The van der Waals surface area contributed by atoms with Gasteiger partial charge < -0.3 is 34.0 Å². The van der Waals surface area contributed by atoms with E-state index in [4.69, 9.17) is 9.05 Å². The van der Waals surface area contributed by atoms with Gasteiger partial charge in [-0.2, -0.15) is 0 Å². The van der Waals surface area contributed by atoms with E-state index in [-0.39, 0.29) is 18.9 Å². The van der Waals surface area contributed by atoms with Crippen LogP contribution >= 0.6 is 7.82 Å². The number of nitrogens with zero attached hydrogens (tertiary/aromatic N) is 1. The minimum atomic E-state index is -4.64. The molecule has 0 saturated heterocycles. The number of unbranched alkanes of at least 4 members (excludes halogenated alkanes) is 11. The molecule has 0 aliphatic heterocycles. The Morgan fingerprint density at radius 1 is 0.717 bits per heavy atom. The predicted molar refractivity (Wildman–Crippen MR) is 220 cm³/mol. The first-order valence-electron chi connectivity index (χ1n) is 20.4. The number of nitrogens with one attached hydrogen (secondary N) is 1. The van der Waals surface area contributed by atoms with Crippen molar-refractivity contribution in [3.63, 3.8) is 0 Å². The van der Waals surface area contributed by atoms with Crippen LogP contribution in [-0.4, -0.2) is 79.8 Å². The molecule has 0 aromatic heterocycles. The van der Waals surface area contributed by atoms with Crippen molar-refractivity contribution < 1.29 is 38.0 Å². The van der Waals surface area contributed by atoms with Crippen molar-refractivity contribution in [1.82, 2.24) is 5.32 Å². The Morgan fingerprint density at radius 3 is 1.96 bits per heavy atom. The molecule has 0 aromatic carbocycles. The number of phosphoric ester groups is 1. The molecular formula is C43H77N2O7P. The zero-order chi connectivity index (χ0) is 39.5. The van der Waals surface area contributed by atoms with Crippen LogP contribution < -0.4 is 10.2 Å². The summed E-state index contributed by atoms with van der Waals surface area (Å²) in [5.74, 6) is -0.364. The van der Waals surface area contributed by atoms with Crippen LogP contribution in [0.4, 0.5) is 0 Å². The molecule has 306 valence electrons. The number of amides is 1. The average molecular weight is 765 g/mol. The highest BCUT2D eigenvalue weighted by Crippen LogP contribution is 2.38. The molecule has 1 unspecified atom stereocenters. The monoisotopic (exact) mass is 765 g/mol. The number of hydrogen-bond donors (Lipinski definition) is 3. The van der Waals surface area contributed by atoms with E-state index in [1.807, 2.05) is 39.4 Å². The molecule has 0 bridgehead atoms. The van der Waals surface area contributed by atoms with Crippen molar-refractivity contribution >= 4 is 13.7 Å². The smallest absolute Gasteiger partial charge is 0.268 e. The molecule has 1 amide bonds. The first-order valence-corrected chi connectivity index (χ1v) is 21.9. The standard InChI is InChI=1S/C43H77N2O7P/c1-6-8-10-12-14-16-18-20-22-24-26-28-30-33-40(46)34-32-36-43(48)44-41(39-52-53(49,50)51-38-37-45(3,4)5)42(47)35-31-29-27-25-23-21-19-17-15-13-11-9-7-2/h11,13-14,16,20,22,26,28,30-31,33,35,40-42,46-47H,6-10,12,15,17-19,21,23-25,27,29,32,34,36-39H2,1-5H3,(H-,44,48,49,50)/b13-11-,16-14-,22-20-,28-26-,33-30+,35-31+/t40-,41-,42+/m0/s1. The maximum absolute atomic E-state index is 12.8. The highest BCUT2D eigenvalue weighted by Gasteiger charge is 2.23. The van der Waals surface area contributed by atoms with E-state index in [2.05, 4.69) is 55.6 Å². The Morgan fingerprint density at radius 2 is 1.30 bits per heavy atom. The molecular weight excluding hydrogens is 687 g/mol. The molecule has 0 fully saturated rings. The van der Waals surface area contributed by atoms with Crippen molar-refractivity contribution in [2.24, 2.45) is 0 Å². The van der Waals surface area contributed by atoms with Crippen molar-refractivity contribution in [2.75, 3.05) is 40.9 Å². The van der Waals surface area contributed by atoms with Crippen LogP contribution in [0, 0.1) is 0 Å². The molecule has 0 heterocycles. The van der Waals surface area contributed by atoms with E-state index in [1.54, 1.807) is 18.2 Å². The van der Waals surface area contributed by atoms with Gasteiger partial charge in [-0.15, -0.1) is 0 Å². The summed E-state index contributed by atoms with van der Waals surface area (Å²) in [5.41, 5.74) is 0. The topological polar surface area (TPSA) is 128 Å². The lowest BCUT2D eigenvalue weighted by atomic mass is 10.1. The normalized spacial score (nSPS) is 15.8. The van der Waals surface area contributed by atoms with Gasteiger partial charge in [0.2, 0.25) is 5.91 Å². The summed E-state index contributed by atoms with van der Waals surface area (Å²) in [5, 5.41) is 23.9. The van der Waals surface area contributed by atoms with E-state index in [0.717, 1.165) is 51.4 Å². The van der Waals surface area contributed by atoms with Gasteiger partial charge in [0, 0.05) is 6.42 Å². The lowest BCUT2D eigenvalue weighted by Gasteiger charge is -2.29. The number of likely N-dealkylation sites (N-methyl/N-ethyl adjacent to an activating group) is 1. The Labute approximate surface area is 324 Å². The van der Waals surface area contributed by atoms with Crippen LogP contribution in [0.3, 0.4) is 0 Å². The molecule has 3 N–H and O–H groups in total. The second kappa shape index (κ2) is 34.4. The van der Waals surface area contributed by atoms with Crippen molar-refractivity contribution in [3.8, 4) is 0 Å². The number of carbonyl (C=O) groups excluding carboxylic acids is 1. The first kappa shape index (κ1) is 50.9. The van der Waals surface area contributed by atoms with Crippen LogP contribution in [0.1, 0.15) is 136 Å². The predicted octanol–water partition coefficient (Wildman–Crippen LogP) is 9.19. The highest BCUT2D eigenvalue weighted by molar-refractivity contribution is 7.45.